The molecule has 96 valence electrons. The second-order valence-corrected chi connectivity index (χ2v) is 4.41. The summed E-state index contributed by atoms with van der Waals surface area (Å²) in [6.45, 7) is 0. The topological polar surface area (TPSA) is 75.9 Å². The molecule has 1 aromatic carbocycles. The van der Waals surface area contributed by atoms with E-state index in [0.717, 1.165) is 22.3 Å². The summed E-state index contributed by atoms with van der Waals surface area (Å²) in [5, 5.41) is 3.04. The molecular formula is C14H9N5O. The fraction of sp³-hybridized carbons (Fsp3) is 0. The first kappa shape index (κ1) is 10.9. The van der Waals surface area contributed by atoms with Gasteiger partial charge in [0.2, 0.25) is 0 Å². The van der Waals surface area contributed by atoms with Crippen molar-refractivity contribution in [1.82, 2.24) is 24.6 Å². The Labute approximate surface area is 112 Å². The average molecular weight is 263 g/mol. The second-order valence-electron chi connectivity index (χ2n) is 4.41. The summed E-state index contributed by atoms with van der Waals surface area (Å²) < 4.78 is 1.41. The molecule has 0 saturated carbocycles. The van der Waals surface area contributed by atoms with Gasteiger partial charge in [-0.25, -0.2) is 9.50 Å². The van der Waals surface area contributed by atoms with Crippen LogP contribution in [0.15, 0.2) is 53.7 Å². The van der Waals surface area contributed by atoms with E-state index in [2.05, 4.69) is 20.1 Å². The lowest BCUT2D eigenvalue weighted by Gasteiger charge is -1.99. The van der Waals surface area contributed by atoms with Crippen LogP contribution in [0.3, 0.4) is 0 Å². The van der Waals surface area contributed by atoms with Crippen molar-refractivity contribution in [3.63, 3.8) is 0 Å². The van der Waals surface area contributed by atoms with E-state index in [4.69, 9.17) is 0 Å². The van der Waals surface area contributed by atoms with Crippen LogP contribution >= 0.6 is 0 Å². The summed E-state index contributed by atoms with van der Waals surface area (Å²) in [5.74, 6) is 0. The molecule has 0 aliphatic rings. The molecule has 0 bridgehead atoms. The predicted molar refractivity (Wildman–Crippen MR) is 74.3 cm³/mol. The standard InChI is InChI=1S/C14H9N5O/c20-14-3-4-17-13-8-11(18-19(13)14)9-1-2-10-12(7-9)16-6-5-15-10/h1-8,18H. The fourth-order valence-corrected chi connectivity index (χ4v) is 2.20. The quantitative estimate of drug-likeness (QED) is 0.566. The summed E-state index contributed by atoms with van der Waals surface area (Å²) in [4.78, 5) is 24.4. The lowest BCUT2D eigenvalue weighted by Crippen LogP contribution is -2.12. The van der Waals surface area contributed by atoms with Gasteiger partial charge in [-0.2, -0.15) is 0 Å². The largest absolute Gasteiger partial charge is 0.289 e. The molecule has 0 aliphatic heterocycles. The first-order valence-electron chi connectivity index (χ1n) is 6.09. The number of nitrogens with zero attached hydrogens (tertiary/aromatic N) is 4. The third kappa shape index (κ3) is 1.58. The third-order valence-electron chi connectivity index (χ3n) is 3.16. The Morgan fingerprint density at radius 1 is 0.900 bits per heavy atom. The van der Waals surface area contributed by atoms with Crippen LogP contribution in [0.2, 0.25) is 0 Å². The van der Waals surface area contributed by atoms with Crippen molar-refractivity contribution >= 4 is 16.7 Å². The minimum atomic E-state index is -0.137. The zero-order valence-corrected chi connectivity index (χ0v) is 10.3. The molecule has 3 heterocycles. The van der Waals surface area contributed by atoms with E-state index in [9.17, 15) is 4.79 Å². The molecule has 6 heteroatoms. The number of benzene rings is 1. The second kappa shape index (κ2) is 3.99. The van der Waals surface area contributed by atoms with Gasteiger partial charge in [-0.1, -0.05) is 6.07 Å². The van der Waals surface area contributed by atoms with Crippen molar-refractivity contribution in [2.45, 2.75) is 0 Å². The van der Waals surface area contributed by atoms with Crippen LogP contribution in [-0.2, 0) is 0 Å². The number of aromatic amines is 1. The molecule has 0 radical (unpaired) electrons. The average Bonchev–Trinajstić information content (AvgIpc) is 2.92. The van der Waals surface area contributed by atoms with Gasteiger partial charge in [0.25, 0.3) is 5.56 Å². The van der Waals surface area contributed by atoms with Gasteiger partial charge in [-0.3, -0.25) is 19.9 Å². The highest BCUT2D eigenvalue weighted by Gasteiger charge is 2.06. The fourth-order valence-electron chi connectivity index (χ4n) is 2.20. The van der Waals surface area contributed by atoms with E-state index in [-0.39, 0.29) is 5.56 Å². The number of nitrogens with one attached hydrogen (secondary N) is 1. The Morgan fingerprint density at radius 3 is 2.60 bits per heavy atom. The molecule has 0 amide bonds. The number of H-pyrrole nitrogens is 1. The van der Waals surface area contributed by atoms with E-state index in [1.54, 1.807) is 12.4 Å². The van der Waals surface area contributed by atoms with Gasteiger partial charge in [-0.05, 0) is 12.1 Å². The first-order valence-corrected chi connectivity index (χ1v) is 6.09. The van der Waals surface area contributed by atoms with E-state index in [1.165, 1.54) is 16.8 Å². The van der Waals surface area contributed by atoms with Crippen LogP contribution in [0, 0.1) is 0 Å². The lowest BCUT2D eigenvalue weighted by molar-refractivity contribution is 0.903. The summed E-state index contributed by atoms with van der Waals surface area (Å²) in [6.07, 6.45) is 4.82. The minimum absolute atomic E-state index is 0.137. The smallest absolute Gasteiger partial charge is 0.272 e. The maximum absolute atomic E-state index is 11.7. The van der Waals surface area contributed by atoms with Crippen LogP contribution < -0.4 is 5.56 Å². The molecule has 0 atom stereocenters. The molecule has 20 heavy (non-hydrogen) atoms. The van der Waals surface area contributed by atoms with E-state index in [0.29, 0.717) is 5.65 Å². The molecule has 4 aromatic rings. The van der Waals surface area contributed by atoms with E-state index in [1.807, 2.05) is 24.3 Å². The number of hydrogen-bond acceptors (Lipinski definition) is 4. The van der Waals surface area contributed by atoms with E-state index < -0.39 is 0 Å². The van der Waals surface area contributed by atoms with Crippen molar-refractivity contribution < 1.29 is 0 Å². The van der Waals surface area contributed by atoms with Crippen LogP contribution in [0.5, 0.6) is 0 Å². The SMILES string of the molecule is O=c1ccnc2cc(-c3ccc4nccnc4c3)[nH]n12. The zero-order chi connectivity index (χ0) is 13.5. The molecular weight excluding hydrogens is 254 g/mol. The van der Waals surface area contributed by atoms with Gasteiger partial charge in [0.05, 0.1) is 16.7 Å². The van der Waals surface area contributed by atoms with Crippen LogP contribution in [-0.4, -0.2) is 24.6 Å². The molecule has 0 unspecified atom stereocenters. The first-order chi connectivity index (χ1) is 9.81. The Hall–Kier alpha value is -3.02. The van der Waals surface area contributed by atoms with Gasteiger partial charge in [0.15, 0.2) is 5.65 Å². The predicted octanol–water partition coefficient (Wildman–Crippen LogP) is 1.63. The van der Waals surface area contributed by atoms with Crippen LogP contribution in [0.25, 0.3) is 27.9 Å². The molecule has 0 fully saturated rings. The Kier molecular flexibility index (Phi) is 2.17. The highest BCUT2D eigenvalue weighted by atomic mass is 16.1. The number of aromatic nitrogens is 5. The zero-order valence-electron chi connectivity index (χ0n) is 10.3. The van der Waals surface area contributed by atoms with Crippen molar-refractivity contribution in [2.24, 2.45) is 0 Å². The van der Waals surface area contributed by atoms with Gasteiger partial charge in [0.1, 0.15) is 0 Å². The van der Waals surface area contributed by atoms with Crippen LogP contribution in [0.4, 0.5) is 0 Å². The van der Waals surface area contributed by atoms with Crippen molar-refractivity contribution in [3.05, 3.63) is 59.3 Å². The Morgan fingerprint density at radius 2 is 1.75 bits per heavy atom. The Balaban J connectivity index is 1.96. The maximum Gasteiger partial charge on any atom is 0.272 e. The molecule has 0 spiro atoms. The molecule has 0 saturated heterocycles. The highest BCUT2D eigenvalue weighted by molar-refractivity contribution is 5.80. The van der Waals surface area contributed by atoms with Gasteiger partial charge >= 0.3 is 0 Å². The number of rotatable bonds is 1. The summed E-state index contributed by atoms with van der Waals surface area (Å²) >= 11 is 0. The molecule has 6 nitrogen and oxygen atoms in total. The van der Waals surface area contributed by atoms with Gasteiger partial charge in [-0.15, -0.1) is 0 Å². The van der Waals surface area contributed by atoms with Gasteiger partial charge < -0.3 is 0 Å². The van der Waals surface area contributed by atoms with Crippen LogP contribution in [0.1, 0.15) is 0 Å². The summed E-state index contributed by atoms with van der Waals surface area (Å²) in [5.41, 5.74) is 3.84. The third-order valence-corrected chi connectivity index (χ3v) is 3.16. The minimum Gasteiger partial charge on any atom is -0.289 e. The molecule has 0 aliphatic carbocycles. The molecule has 4 rings (SSSR count). The van der Waals surface area contributed by atoms with Crippen molar-refractivity contribution in [1.29, 1.82) is 0 Å². The maximum atomic E-state index is 11.7. The lowest BCUT2D eigenvalue weighted by atomic mass is 10.1. The number of hydrogen-bond donors (Lipinski definition) is 1. The van der Waals surface area contributed by atoms with Gasteiger partial charge in [0, 0.05) is 36.3 Å². The van der Waals surface area contributed by atoms with Crippen molar-refractivity contribution in [3.8, 4) is 11.3 Å². The summed E-state index contributed by atoms with van der Waals surface area (Å²) in [6, 6.07) is 9.02. The highest BCUT2D eigenvalue weighted by Crippen LogP contribution is 2.21. The molecule has 3 aromatic heterocycles. The monoisotopic (exact) mass is 263 g/mol. The van der Waals surface area contributed by atoms with E-state index >= 15 is 0 Å². The van der Waals surface area contributed by atoms with Crippen molar-refractivity contribution in [2.75, 3.05) is 0 Å². The number of fused-ring (bicyclic) bond motifs is 2. The molecule has 1 N–H and O–H groups in total. The normalized spacial score (nSPS) is 11.2. The Bertz CT molecular complexity index is 985. The summed E-state index contributed by atoms with van der Waals surface area (Å²) in [7, 11) is 0.